The normalized spacial score (nSPS) is 16.2. The number of ether oxygens (including phenoxy) is 1. The number of oxime groups is 1. The lowest BCUT2D eigenvalue weighted by atomic mass is 10.7. The first-order valence-electron chi connectivity index (χ1n) is 3.67. The number of esters is 1. The van der Waals surface area contributed by atoms with Gasteiger partial charge in [0.1, 0.15) is 12.2 Å². The zero-order valence-electron chi connectivity index (χ0n) is 6.70. The summed E-state index contributed by atoms with van der Waals surface area (Å²) < 4.78 is 4.79. The van der Waals surface area contributed by atoms with Crippen LogP contribution in [0.25, 0.3) is 0 Å². The fourth-order valence-corrected chi connectivity index (χ4v) is 0.634. The Hall–Kier alpha value is -1.28. The zero-order valence-corrected chi connectivity index (χ0v) is 7.45. The largest absolute Gasteiger partial charge is 0.457 e. The van der Waals surface area contributed by atoms with Crippen molar-refractivity contribution in [1.29, 1.82) is 5.26 Å². The molecule has 0 aromatic carbocycles. The van der Waals surface area contributed by atoms with Gasteiger partial charge in [-0.15, -0.1) is 0 Å². The van der Waals surface area contributed by atoms with Crippen molar-refractivity contribution >= 4 is 22.7 Å². The van der Waals surface area contributed by atoms with Crippen LogP contribution in [-0.4, -0.2) is 23.9 Å². The fourth-order valence-electron chi connectivity index (χ4n) is 0.541. The van der Waals surface area contributed by atoms with E-state index in [1.165, 1.54) is 0 Å². The predicted molar refractivity (Wildman–Crippen MR) is 44.0 cm³/mol. The molecule has 0 atom stereocenters. The maximum Gasteiger partial charge on any atom is 0.372 e. The molecule has 1 rings (SSSR count). The second kappa shape index (κ2) is 4.67. The Morgan fingerprint density at radius 1 is 1.69 bits per heavy atom. The van der Waals surface area contributed by atoms with E-state index < -0.39 is 5.97 Å². The highest BCUT2D eigenvalue weighted by Crippen LogP contribution is 2.23. The van der Waals surface area contributed by atoms with E-state index in [2.05, 4.69) is 9.99 Å². The van der Waals surface area contributed by atoms with Crippen molar-refractivity contribution in [3.8, 4) is 6.07 Å². The molecule has 0 aromatic heterocycles. The number of nitrogens with zero attached hydrogens (tertiary/aromatic N) is 2. The molecular weight excluding hydrogens is 196 g/mol. The molecule has 0 bridgehead atoms. The van der Waals surface area contributed by atoms with Crippen LogP contribution >= 0.6 is 11.6 Å². The van der Waals surface area contributed by atoms with Gasteiger partial charge in [0.25, 0.3) is 5.17 Å². The Labute approximate surface area is 79.9 Å². The molecule has 70 valence electrons. The molecule has 0 N–H and O–H groups in total. The Morgan fingerprint density at radius 2 is 2.38 bits per heavy atom. The van der Waals surface area contributed by atoms with Gasteiger partial charge in [-0.05, 0) is 12.8 Å². The van der Waals surface area contributed by atoms with E-state index in [1.807, 2.05) is 0 Å². The minimum absolute atomic E-state index is 0.0209. The summed E-state index contributed by atoms with van der Waals surface area (Å²) in [7, 11) is 0. The number of hydrogen-bond donors (Lipinski definition) is 0. The van der Waals surface area contributed by atoms with E-state index in [4.69, 9.17) is 21.6 Å². The van der Waals surface area contributed by atoms with Crippen LogP contribution in [0.5, 0.6) is 0 Å². The monoisotopic (exact) mass is 202 g/mol. The average molecular weight is 203 g/mol. The number of hydrogen-bond acceptors (Lipinski definition) is 5. The molecular formula is C7H7ClN2O3. The van der Waals surface area contributed by atoms with Crippen molar-refractivity contribution in [3.63, 3.8) is 0 Å². The standard InChI is InChI=1S/C7H7ClN2O3/c8-6(10-12-4-3-9)7(11)13-5-1-2-5/h5H,1-2,4H2. The molecule has 0 aromatic rings. The van der Waals surface area contributed by atoms with Gasteiger partial charge in [-0.2, -0.15) is 5.26 Å². The van der Waals surface area contributed by atoms with Gasteiger partial charge >= 0.3 is 5.97 Å². The SMILES string of the molecule is N#CCON=C(Cl)C(=O)OC1CC1. The number of carbonyl (C=O) groups excluding carboxylic acids is 1. The summed E-state index contributed by atoms with van der Waals surface area (Å²) in [6.45, 7) is -0.243. The van der Waals surface area contributed by atoms with Crippen LogP contribution in [-0.2, 0) is 14.4 Å². The van der Waals surface area contributed by atoms with Gasteiger partial charge in [0.05, 0.1) is 0 Å². The molecule has 1 aliphatic rings. The summed E-state index contributed by atoms with van der Waals surface area (Å²) >= 11 is 5.38. The summed E-state index contributed by atoms with van der Waals surface area (Å²) in [5, 5.41) is 10.9. The fraction of sp³-hybridized carbons (Fsp3) is 0.571. The molecule has 1 aliphatic carbocycles. The maximum atomic E-state index is 10.9. The molecule has 0 spiro atoms. The summed E-state index contributed by atoms with van der Waals surface area (Å²) in [6.07, 6.45) is 1.72. The van der Waals surface area contributed by atoms with Crippen LogP contribution < -0.4 is 0 Å². The Bertz CT molecular complexity index is 267. The summed E-state index contributed by atoms with van der Waals surface area (Å²) in [4.78, 5) is 15.3. The molecule has 0 amide bonds. The molecule has 13 heavy (non-hydrogen) atoms. The third kappa shape index (κ3) is 3.76. The molecule has 0 aliphatic heterocycles. The first-order valence-corrected chi connectivity index (χ1v) is 4.05. The van der Waals surface area contributed by atoms with E-state index in [0.717, 1.165) is 12.8 Å². The summed E-state index contributed by atoms with van der Waals surface area (Å²) in [6, 6.07) is 1.68. The van der Waals surface area contributed by atoms with Crippen molar-refractivity contribution < 1.29 is 14.4 Å². The number of halogens is 1. The second-order valence-corrected chi connectivity index (χ2v) is 2.78. The van der Waals surface area contributed by atoms with Gasteiger partial charge in [-0.3, -0.25) is 0 Å². The van der Waals surface area contributed by atoms with E-state index in [1.54, 1.807) is 6.07 Å². The smallest absolute Gasteiger partial charge is 0.372 e. The van der Waals surface area contributed by atoms with E-state index in [0.29, 0.717) is 0 Å². The van der Waals surface area contributed by atoms with Crippen LogP contribution in [0, 0.1) is 11.3 Å². The zero-order chi connectivity index (χ0) is 9.68. The van der Waals surface area contributed by atoms with Gasteiger partial charge in [-0.25, -0.2) is 4.79 Å². The van der Waals surface area contributed by atoms with Gasteiger partial charge in [-0.1, -0.05) is 16.8 Å². The molecule has 0 heterocycles. The van der Waals surface area contributed by atoms with E-state index in [9.17, 15) is 4.79 Å². The topological polar surface area (TPSA) is 71.7 Å². The molecule has 0 saturated heterocycles. The van der Waals surface area contributed by atoms with E-state index >= 15 is 0 Å². The minimum atomic E-state index is -0.706. The molecule has 5 nitrogen and oxygen atoms in total. The predicted octanol–water partition coefficient (Wildman–Crippen LogP) is 0.784. The molecule has 6 heteroatoms. The van der Waals surface area contributed by atoms with Gasteiger partial charge in [0.15, 0.2) is 0 Å². The number of nitriles is 1. The van der Waals surface area contributed by atoms with Crippen molar-refractivity contribution in [2.24, 2.45) is 5.16 Å². The Balaban J connectivity index is 2.27. The van der Waals surface area contributed by atoms with Crippen molar-refractivity contribution in [1.82, 2.24) is 0 Å². The first-order chi connectivity index (χ1) is 6.24. The van der Waals surface area contributed by atoms with Crippen LogP contribution in [0.2, 0.25) is 0 Å². The quantitative estimate of drug-likeness (QED) is 0.292. The number of carbonyl (C=O) groups is 1. The minimum Gasteiger partial charge on any atom is -0.457 e. The van der Waals surface area contributed by atoms with Gasteiger partial charge < -0.3 is 9.57 Å². The number of rotatable bonds is 4. The van der Waals surface area contributed by atoms with Crippen LogP contribution in [0.4, 0.5) is 0 Å². The average Bonchev–Trinajstić information content (AvgIpc) is 2.88. The van der Waals surface area contributed by atoms with Crippen LogP contribution in [0.1, 0.15) is 12.8 Å². The highest BCUT2D eigenvalue weighted by Gasteiger charge is 2.27. The summed E-state index contributed by atoms with van der Waals surface area (Å²) in [5.41, 5.74) is 0. The van der Waals surface area contributed by atoms with E-state index in [-0.39, 0.29) is 17.9 Å². The molecule has 1 fully saturated rings. The lowest BCUT2D eigenvalue weighted by molar-refractivity contribution is -0.136. The Kier molecular flexibility index (Phi) is 3.53. The van der Waals surface area contributed by atoms with Crippen LogP contribution in [0.15, 0.2) is 5.16 Å². The molecule has 1 saturated carbocycles. The highest BCUT2D eigenvalue weighted by molar-refractivity contribution is 6.81. The molecule has 0 unspecified atom stereocenters. The van der Waals surface area contributed by atoms with Crippen molar-refractivity contribution in [2.45, 2.75) is 18.9 Å². The second-order valence-electron chi connectivity index (χ2n) is 2.42. The third-order valence-corrected chi connectivity index (χ3v) is 1.46. The lowest BCUT2D eigenvalue weighted by Gasteiger charge is -1.98. The first kappa shape index (κ1) is 9.81. The molecule has 0 radical (unpaired) electrons. The van der Waals surface area contributed by atoms with Gasteiger partial charge in [0.2, 0.25) is 6.61 Å². The highest BCUT2D eigenvalue weighted by atomic mass is 35.5. The van der Waals surface area contributed by atoms with Crippen molar-refractivity contribution in [3.05, 3.63) is 0 Å². The van der Waals surface area contributed by atoms with Crippen LogP contribution in [0.3, 0.4) is 0 Å². The maximum absolute atomic E-state index is 10.9. The van der Waals surface area contributed by atoms with Gasteiger partial charge in [0, 0.05) is 0 Å². The van der Waals surface area contributed by atoms with Crippen molar-refractivity contribution in [2.75, 3.05) is 6.61 Å². The Morgan fingerprint density at radius 3 is 2.92 bits per heavy atom. The lowest BCUT2D eigenvalue weighted by Crippen LogP contribution is -2.13. The summed E-state index contributed by atoms with van der Waals surface area (Å²) in [5.74, 6) is -0.706. The third-order valence-electron chi connectivity index (χ3n) is 1.24.